The summed E-state index contributed by atoms with van der Waals surface area (Å²) in [6, 6.07) is 0. The quantitative estimate of drug-likeness (QED) is 0.370. The number of unbranched alkanes of at least 4 members (excludes halogenated alkanes) is 3. The predicted octanol–water partition coefficient (Wildman–Crippen LogP) is 2.98. The van der Waals surface area contributed by atoms with Crippen molar-refractivity contribution in [2.24, 2.45) is 34.8 Å². The normalized spacial score (nSPS) is 12.1. The second kappa shape index (κ2) is 20.8. The summed E-state index contributed by atoms with van der Waals surface area (Å²) < 4.78 is 0. The number of hydrogen-bond donors (Lipinski definition) is 4. The Kier molecular flexibility index (Phi) is 22.8. The van der Waals surface area contributed by atoms with Crippen LogP contribution in [0.2, 0.25) is 0 Å². The van der Waals surface area contributed by atoms with Gasteiger partial charge in [-0.3, -0.25) is 0 Å². The molecule has 0 aliphatic heterocycles. The molecule has 1 atom stereocenters. The largest absolute Gasteiger partial charge is 0.330 e. The maximum absolute atomic E-state index is 5.42. The number of nitrogens with two attached hydrogens (primary N) is 4. The predicted molar refractivity (Wildman–Crippen MR) is 101 cm³/mol. The van der Waals surface area contributed by atoms with Gasteiger partial charge in [-0.05, 0) is 63.7 Å². The zero-order chi connectivity index (χ0) is 17.1. The van der Waals surface area contributed by atoms with Crippen molar-refractivity contribution < 1.29 is 0 Å². The van der Waals surface area contributed by atoms with Crippen molar-refractivity contribution in [3.63, 3.8) is 0 Å². The van der Waals surface area contributed by atoms with Gasteiger partial charge in [-0.25, -0.2) is 0 Å². The Morgan fingerprint density at radius 2 is 0.773 bits per heavy atom. The highest BCUT2D eigenvalue weighted by Crippen LogP contribution is 2.14. The minimum absolute atomic E-state index is 0.788. The van der Waals surface area contributed by atoms with Gasteiger partial charge in [0.15, 0.2) is 0 Å². The van der Waals surface area contributed by atoms with Gasteiger partial charge >= 0.3 is 0 Å². The molecule has 0 aromatic heterocycles. The fourth-order valence-corrected chi connectivity index (χ4v) is 2.48. The lowest BCUT2D eigenvalue weighted by Crippen LogP contribution is -2.06. The molecule has 136 valence electrons. The van der Waals surface area contributed by atoms with Gasteiger partial charge in [0.2, 0.25) is 0 Å². The summed E-state index contributed by atoms with van der Waals surface area (Å²) in [5, 5.41) is 0. The molecule has 0 bridgehead atoms. The Labute approximate surface area is 139 Å². The third kappa shape index (κ3) is 22.1. The Morgan fingerprint density at radius 1 is 0.455 bits per heavy atom. The van der Waals surface area contributed by atoms with Crippen molar-refractivity contribution in [3.8, 4) is 0 Å². The lowest BCUT2D eigenvalue weighted by molar-refractivity contribution is 0.448. The van der Waals surface area contributed by atoms with Gasteiger partial charge in [0, 0.05) is 0 Å². The molecule has 1 unspecified atom stereocenters. The lowest BCUT2D eigenvalue weighted by atomic mass is 9.98. The highest BCUT2D eigenvalue weighted by atomic mass is 14.5. The second-order valence-corrected chi connectivity index (χ2v) is 6.64. The van der Waals surface area contributed by atoms with Crippen molar-refractivity contribution in [3.05, 3.63) is 0 Å². The van der Waals surface area contributed by atoms with Crippen molar-refractivity contribution in [1.82, 2.24) is 0 Å². The van der Waals surface area contributed by atoms with Crippen LogP contribution in [0.4, 0.5) is 0 Å². The van der Waals surface area contributed by atoms with Crippen LogP contribution in [0.15, 0.2) is 0 Å². The van der Waals surface area contributed by atoms with E-state index in [0.717, 1.165) is 50.9 Å². The standard InChI is InChI=1S/C10H24N2.C8H20N2/c1-10(6-2-4-8-11)7-3-5-9-12;1-8(5-7-10)4-2-3-6-9/h10H,2-9,11-12H2,1H3;8H,2-7,9-10H2,1H3. The van der Waals surface area contributed by atoms with E-state index in [9.17, 15) is 0 Å². The molecule has 0 rings (SSSR count). The third-order valence-electron chi connectivity index (χ3n) is 4.11. The molecule has 0 aromatic rings. The van der Waals surface area contributed by atoms with Crippen molar-refractivity contribution in [2.75, 3.05) is 26.2 Å². The minimum Gasteiger partial charge on any atom is -0.330 e. The molecule has 0 amide bonds. The first-order valence-corrected chi connectivity index (χ1v) is 9.42. The summed E-state index contributed by atoms with van der Waals surface area (Å²) in [6.45, 7) is 7.92. The van der Waals surface area contributed by atoms with Crippen LogP contribution in [0, 0.1) is 11.8 Å². The summed E-state index contributed by atoms with van der Waals surface area (Å²) >= 11 is 0. The maximum atomic E-state index is 5.42. The monoisotopic (exact) mass is 316 g/mol. The van der Waals surface area contributed by atoms with Gasteiger partial charge in [0.05, 0.1) is 0 Å². The van der Waals surface area contributed by atoms with Crippen LogP contribution in [0.25, 0.3) is 0 Å². The molecule has 0 saturated heterocycles. The van der Waals surface area contributed by atoms with Crippen LogP contribution < -0.4 is 22.9 Å². The van der Waals surface area contributed by atoms with Gasteiger partial charge in [-0.2, -0.15) is 0 Å². The average molecular weight is 317 g/mol. The molecule has 0 spiro atoms. The topological polar surface area (TPSA) is 104 Å². The number of hydrogen-bond acceptors (Lipinski definition) is 4. The van der Waals surface area contributed by atoms with Crippen LogP contribution >= 0.6 is 0 Å². The van der Waals surface area contributed by atoms with Crippen molar-refractivity contribution >= 4 is 0 Å². The van der Waals surface area contributed by atoms with Gasteiger partial charge < -0.3 is 22.9 Å². The Hall–Kier alpha value is -0.160. The summed E-state index contributed by atoms with van der Waals surface area (Å²) in [6.07, 6.45) is 12.5. The first kappa shape index (κ1) is 24.1. The van der Waals surface area contributed by atoms with Gasteiger partial charge in [0.1, 0.15) is 0 Å². The van der Waals surface area contributed by atoms with Crippen LogP contribution in [-0.2, 0) is 0 Å². The fourth-order valence-electron chi connectivity index (χ4n) is 2.48. The zero-order valence-corrected chi connectivity index (χ0v) is 15.4. The van der Waals surface area contributed by atoms with Gasteiger partial charge in [-0.15, -0.1) is 0 Å². The highest BCUT2D eigenvalue weighted by molar-refractivity contribution is 4.55. The van der Waals surface area contributed by atoms with Crippen LogP contribution in [0.5, 0.6) is 0 Å². The Morgan fingerprint density at radius 3 is 1.05 bits per heavy atom. The molecular weight excluding hydrogens is 272 g/mol. The average Bonchev–Trinajstić information content (AvgIpc) is 2.49. The van der Waals surface area contributed by atoms with E-state index in [2.05, 4.69) is 13.8 Å². The van der Waals surface area contributed by atoms with E-state index < -0.39 is 0 Å². The highest BCUT2D eigenvalue weighted by Gasteiger charge is 2.00. The third-order valence-corrected chi connectivity index (χ3v) is 4.11. The maximum Gasteiger partial charge on any atom is -0.00747 e. The van der Waals surface area contributed by atoms with Gasteiger partial charge in [-0.1, -0.05) is 52.4 Å². The SMILES string of the molecule is CC(CCCCN)CCCCN.CC(CCN)CCCCN. The van der Waals surface area contributed by atoms with Crippen molar-refractivity contribution in [1.29, 1.82) is 0 Å². The molecule has 0 aliphatic rings. The van der Waals surface area contributed by atoms with E-state index in [0.29, 0.717) is 0 Å². The fraction of sp³-hybridized carbons (Fsp3) is 1.00. The molecule has 0 radical (unpaired) electrons. The van der Waals surface area contributed by atoms with E-state index in [4.69, 9.17) is 22.9 Å². The van der Waals surface area contributed by atoms with Crippen LogP contribution in [0.1, 0.15) is 78.1 Å². The summed E-state index contributed by atoms with van der Waals surface area (Å²) in [5.74, 6) is 1.65. The van der Waals surface area contributed by atoms with Crippen LogP contribution in [-0.4, -0.2) is 26.2 Å². The second-order valence-electron chi connectivity index (χ2n) is 6.64. The Balaban J connectivity index is 0. The zero-order valence-electron chi connectivity index (χ0n) is 15.4. The molecule has 0 aliphatic carbocycles. The summed E-state index contributed by atoms with van der Waals surface area (Å²) in [5.41, 5.74) is 21.6. The lowest BCUT2D eigenvalue weighted by Gasteiger charge is -2.09. The Bertz CT molecular complexity index is 178. The number of rotatable bonds is 14. The molecule has 0 fully saturated rings. The van der Waals surface area contributed by atoms with Crippen molar-refractivity contribution in [2.45, 2.75) is 78.1 Å². The van der Waals surface area contributed by atoms with Crippen LogP contribution in [0.3, 0.4) is 0 Å². The first-order chi connectivity index (χ1) is 10.6. The van der Waals surface area contributed by atoms with E-state index in [1.165, 1.54) is 51.4 Å². The van der Waals surface area contributed by atoms with E-state index >= 15 is 0 Å². The molecule has 4 heteroatoms. The molecule has 22 heavy (non-hydrogen) atoms. The summed E-state index contributed by atoms with van der Waals surface area (Å²) in [7, 11) is 0. The van der Waals surface area contributed by atoms with E-state index in [-0.39, 0.29) is 0 Å². The minimum atomic E-state index is 0.788. The molecular formula is C18H44N4. The smallest absolute Gasteiger partial charge is 0.00747 e. The molecule has 0 heterocycles. The molecule has 0 aromatic carbocycles. The molecule has 4 nitrogen and oxygen atoms in total. The summed E-state index contributed by atoms with van der Waals surface area (Å²) in [4.78, 5) is 0. The first-order valence-electron chi connectivity index (χ1n) is 9.42. The molecule has 0 saturated carbocycles. The van der Waals surface area contributed by atoms with E-state index in [1.807, 2.05) is 0 Å². The molecule has 8 N–H and O–H groups in total. The van der Waals surface area contributed by atoms with Gasteiger partial charge in [0.25, 0.3) is 0 Å². The van der Waals surface area contributed by atoms with E-state index in [1.54, 1.807) is 0 Å².